The number of hydrogen-bond donors (Lipinski definition) is 7. The average Bonchev–Trinajstić information content (AvgIpc) is 3.12. The monoisotopic (exact) mass is 772 g/mol. The number of carboxylic acids is 1. The number of carboxylic acid groups (broad SMARTS) is 1. The Morgan fingerprint density at radius 1 is 0.759 bits per heavy atom. The van der Waals surface area contributed by atoms with Crippen LogP contribution < -0.4 is 21.7 Å². The molecule has 1 aliphatic rings. The van der Waals surface area contributed by atoms with E-state index in [4.69, 9.17) is 25.1 Å². The number of aliphatic carboxylic acids is 1. The van der Waals surface area contributed by atoms with Gasteiger partial charge in [0.2, 0.25) is 23.6 Å². The van der Waals surface area contributed by atoms with Gasteiger partial charge in [-0.15, -0.1) is 0 Å². The van der Waals surface area contributed by atoms with Crippen LogP contribution in [0, 0.1) is 0 Å². The first-order valence-electron chi connectivity index (χ1n) is 19.9. The van der Waals surface area contributed by atoms with Gasteiger partial charge in [-0.2, -0.15) is 0 Å². The number of carbonyl (C=O) groups is 6. The molecule has 0 radical (unpaired) electrons. The lowest BCUT2D eigenvalue weighted by molar-refractivity contribution is -0.267. The molecule has 0 aliphatic carbocycles. The SMILES string of the molecule is CCCCCCCCCCCCCCCCCC(=O)OC[C@H]1O[C@H](O)[C@H](NC(C)=O)[C@@H](OC(C)C(=O)NC(CC)C(=O)NC(CCC(=O)O)C(N)=O)[C@@H]1O. The smallest absolute Gasteiger partial charge is 0.305 e. The summed E-state index contributed by atoms with van der Waals surface area (Å²) in [5, 5.41) is 38.0. The zero-order chi connectivity index (χ0) is 40.5. The number of ether oxygens (including phenoxy) is 3. The molecule has 0 aromatic carbocycles. The fraction of sp³-hybridized carbons (Fsp3) is 0.842. The second kappa shape index (κ2) is 28.1. The summed E-state index contributed by atoms with van der Waals surface area (Å²) in [6.45, 7) is 5.91. The zero-order valence-electron chi connectivity index (χ0n) is 32.9. The highest BCUT2D eigenvalue weighted by atomic mass is 16.6. The maximum atomic E-state index is 13.1. The summed E-state index contributed by atoms with van der Waals surface area (Å²) in [6.07, 6.45) is 10.4. The normalized spacial score (nSPS) is 21.3. The van der Waals surface area contributed by atoms with Crippen molar-refractivity contribution in [2.75, 3.05) is 6.61 Å². The Labute approximate surface area is 320 Å². The molecule has 312 valence electrons. The van der Waals surface area contributed by atoms with Crippen molar-refractivity contribution in [3.63, 3.8) is 0 Å². The molecular weight excluding hydrogens is 704 g/mol. The molecule has 1 fully saturated rings. The van der Waals surface area contributed by atoms with Crippen LogP contribution in [0.15, 0.2) is 0 Å². The van der Waals surface area contributed by atoms with Gasteiger partial charge in [-0.05, 0) is 26.2 Å². The summed E-state index contributed by atoms with van der Waals surface area (Å²) in [6, 6.07) is -3.75. The third-order valence-electron chi connectivity index (χ3n) is 9.53. The minimum Gasteiger partial charge on any atom is -0.481 e. The molecular formula is C38H68N4O12. The number of esters is 1. The summed E-state index contributed by atoms with van der Waals surface area (Å²) in [5.41, 5.74) is 5.29. The quantitative estimate of drug-likeness (QED) is 0.0411. The molecule has 1 heterocycles. The number of nitrogens with two attached hydrogens (primary N) is 1. The lowest BCUT2D eigenvalue weighted by Crippen LogP contribution is -2.66. The lowest BCUT2D eigenvalue weighted by Gasteiger charge is -2.43. The van der Waals surface area contributed by atoms with E-state index in [0.29, 0.717) is 6.42 Å². The van der Waals surface area contributed by atoms with E-state index in [2.05, 4.69) is 22.9 Å². The van der Waals surface area contributed by atoms with Crippen LogP contribution in [0.3, 0.4) is 0 Å². The second-order valence-corrected chi connectivity index (χ2v) is 14.3. The van der Waals surface area contributed by atoms with Gasteiger partial charge in [-0.3, -0.25) is 28.8 Å². The van der Waals surface area contributed by atoms with Crippen molar-refractivity contribution in [3.8, 4) is 0 Å². The van der Waals surface area contributed by atoms with Crippen LogP contribution in [-0.4, -0.2) is 106 Å². The molecule has 0 aromatic rings. The van der Waals surface area contributed by atoms with Crippen LogP contribution in [0.5, 0.6) is 0 Å². The van der Waals surface area contributed by atoms with E-state index in [1.54, 1.807) is 6.92 Å². The van der Waals surface area contributed by atoms with E-state index in [-0.39, 0.29) is 19.3 Å². The number of primary amides is 1. The highest BCUT2D eigenvalue weighted by Gasteiger charge is 2.47. The van der Waals surface area contributed by atoms with Gasteiger partial charge in [0.1, 0.15) is 49.1 Å². The average molecular weight is 773 g/mol. The number of aliphatic hydroxyl groups excluding tert-OH is 2. The first-order chi connectivity index (χ1) is 25.7. The molecule has 0 saturated carbocycles. The number of hydrogen-bond acceptors (Lipinski definition) is 11. The summed E-state index contributed by atoms with van der Waals surface area (Å²) < 4.78 is 16.6. The van der Waals surface area contributed by atoms with Gasteiger partial charge in [0.25, 0.3) is 0 Å². The predicted octanol–water partition coefficient (Wildman–Crippen LogP) is 2.88. The van der Waals surface area contributed by atoms with Crippen LogP contribution in [-0.2, 0) is 43.0 Å². The van der Waals surface area contributed by atoms with Gasteiger partial charge in [-0.25, -0.2) is 0 Å². The Bertz CT molecular complexity index is 1140. The van der Waals surface area contributed by atoms with Crippen molar-refractivity contribution in [3.05, 3.63) is 0 Å². The molecule has 16 nitrogen and oxygen atoms in total. The van der Waals surface area contributed by atoms with Crippen molar-refractivity contribution in [1.82, 2.24) is 16.0 Å². The highest BCUT2D eigenvalue weighted by molar-refractivity contribution is 5.92. The van der Waals surface area contributed by atoms with Crippen molar-refractivity contribution in [2.45, 2.75) is 199 Å². The maximum absolute atomic E-state index is 13.1. The van der Waals surface area contributed by atoms with Crippen LogP contribution in [0.1, 0.15) is 150 Å². The largest absolute Gasteiger partial charge is 0.481 e. The number of unbranched alkanes of at least 4 members (excludes halogenated alkanes) is 14. The highest BCUT2D eigenvalue weighted by Crippen LogP contribution is 2.25. The van der Waals surface area contributed by atoms with Crippen molar-refractivity contribution in [1.29, 1.82) is 0 Å². The molecule has 0 aromatic heterocycles. The minimum absolute atomic E-state index is 0.0780. The van der Waals surface area contributed by atoms with E-state index < -0.39 is 97.4 Å². The topological polar surface area (TPSA) is 253 Å². The van der Waals surface area contributed by atoms with Crippen molar-refractivity contribution < 1.29 is 58.3 Å². The molecule has 0 bridgehead atoms. The van der Waals surface area contributed by atoms with Crippen molar-refractivity contribution in [2.24, 2.45) is 5.73 Å². The van der Waals surface area contributed by atoms with E-state index in [1.165, 1.54) is 84.5 Å². The number of amides is 4. The van der Waals surface area contributed by atoms with E-state index >= 15 is 0 Å². The van der Waals surface area contributed by atoms with Gasteiger partial charge in [0.05, 0.1) is 0 Å². The third kappa shape index (κ3) is 20.4. The Kier molecular flexibility index (Phi) is 25.4. The second-order valence-electron chi connectivity index (χ2n) is 14.3. The molecule has 1 saturated heterocycles. The fourth-order valence-corrected chi connectivity index (χ4v) is 6.27. The van der Waals surface area contributed by atoms with Crippen LogP contribution in [0.25, 0.3) is 0 Å². The summed E-state index contributed by atoms with van der Waals surface area (Å²) >= 11 is 0. The van der Waals surface area contributed by atoms with Crippen LogP contribution in [0.4, 0.5) is 0 Å². The number of nitrogens with one attached hydrogen (secondary N) is 3. The Balaban J connectivity index is 2.57. The Hall–Kier alpha value is -3.34. The minimum atomic E-state index is -1.69. The standard InChI is InChI=1S/C38H68N4O12/c1-5-7-8-9-10-11-12-13-14-15-16-17-18-19-20-21-31(46)52-24-29-33(47)34(32(38(51)54-29)40-26(4)43)53-25(3)36(49)41-27(6-2)37(50)42-28(35(39)48)22-23-30(44)45/h25,27-29,32-34,38,47,51H,5-24H2,1-4H3,(H2,39,48)(H,40,43)(H,41,49)(H,42,50)(H,44,45)/t25?,27?,28?,29-,32-,33-,34-,38+/m1/s1. The first kappa shape index (κ1) is 48.7. The number of carbonyl (C=O) groups excluding carboxylic acids is 5. The number of aliphatic hydroxyl groups is 2. The lowest BCUT2D eigenvalue weighted by atomic mass is 9.96. The molecule has 16 heteroatoms. The van der Waals surface area contributed by atoms with Gasteiger partial charge in [0.15, 0.2) is 6.29 Å². The summed E-state index contributed by atoms with van der Waals surface area (Å²) in [5.74, 6) is -4.78. The first-order valence-corrected chi connectivity index (χ1v) is 19.9. The van der Waals surface area contributed by atoms with E-state index in [0.717, 1.165) is 19.3 Å². The zero-order valence-corrected chi connectivity index (χ0v) is 32.9. The van der Waals surface area contributed by atoms with E-state index in [1.807, 2.05) is 0 Å². The maximum Gasteiger partial charge on any atom is 0.305 e. The molecule has 8 N–H and O–H groups in total. The van der Waals surface area contributed by atoms with Gasteiger partial charge >= 0.3 is 11.9 Å². The molecule has 1 aliphatic heterocycles. The van der Waals surface area contributed by atoms with Crippen molar-refractivity contribution >= 4 is 35.6 Å². The summed E-state index contributed by atoms with van der Waals surface area (Å²) in [7, 11) is 0. The molecule has 0 spiro atoms. The number of rotatable bonds is 30. The molecule has 4 amide bonds. The third-order valence-corrected chi connectivity index (χ3v) is 9.53. The fourth-order valence-electron chi connectivity index (χ4n) is 6.27. The van der Waals surface area contributed by atoms with Gasteiger partial charge in [-0.1, -0.05) is 104 Å². The predicted molar refractivity (Wildman–Crippen MR) is 200 cm³/mol. The Morgan fingerprint density at radius 3 is 1.76 bits per heavy atom. The molecule has 1 rings (SSSR count). The molecule has 3 unspecified atom stereocenters. The Morgan fingerprint density at radius 2 is 1.28 bits per heavy atom. The summed E-state index contributed by atoms with van der Waals surface area (Å²) in [4.78, 5) is 72.9. The van der Waals surface area contributed by atoms with E-state index in [9.17, 15) is 39.0 Å². The molecule has 54 heavy (non-hydrogen) atoms. The van der Waals surface area contributed by atoms with Crippen LogP contribution >= 0.6 is 0 Å². The van der Waals surface area contributed by atoms with Crippen LogP contribution in [0.2, 0.25) is 0 Å². The molecule has 8 atom stereocenters. The van der Waals surface area contributed by atoms with Gasteiger partial charge in [0, 0.05) is 19.8 Å². The van der Waals surface area contributed by atoms with Gasteiger partial charge < -0.3 is 51.2 Å².